The van der Waals surface area contributed by atoms with Gasteiger partial charge in [-0.15, -0.1) is 11.3 Å². The van der Waals surface area contributed by atoms with Crippen molar-refractivity contribution in [3.05, 3.63) is 51.8 Å². The molecule has 27 heavy (non-hydrogen) atoms. The number of carbonyl (C=O) groups is 1. The zero-order valence-corrected chi connectivity index (χ0v) is 17.1. The van der Waals surface area contributed by atoms with Crippen molar-refractivity contribution in [2.45, 2.75) is 27.7 Å². The van der Waals surface area contributed by atoms with E-state index >= 15 is 0 Å². The molecule has 0 bridgehead atoms. The molecule has 0 spiro atoms. The van der Waals surface area contributed by atoms with E-state index in [9.17, 15) is 4.79 Å². The maximum atomic E-state index is 13.2. The highest BCUT2D eigenvalue weighted by atomic mass is 32.1. The molecule has 0 N–H and O–H groups in total. The summed E-state index contributed by atoms with van der Waals surface area (Å²) >= 11 is 1.50. The van der Waals surface area contributed by atoms with E-state index in [0.29, 0.717) is 0 Å². The first kappa shape index (κ1) is 17.9. The van der Waals surface area contributed by atoms with Crippen molar-refractivity contribution in [2.75, 3.05) is 31.1 Å². The second-order valence-corrected chi connectivity index (χ2v) is 8.21. The number of aromatic nitrogens is 2. The fraction of sp³-hybridized carbons (Fsp3) is 0.381. The van der Waals surface area contributed by atoms with E-state index < -0.39 is 0 Å². The SMILES string of the molecule is Cc1cccc(N2CCN(C(=O)c3sc4nc(C)nc(C)c4c3C)CC2)c1. The first-order valence-electron chi connectivity index (χ1n) is 9.29. The average molecular weight is 381 g/mol. The molecule has 1 aromatic carbocycles. The Bertz CT molecular complexity index is 1020. The molecule has 0 atom stereocenters. The number of thiophene rings is 1. The predicted molar refractivity (Wildman–Crippen MR) is 111 cm³/mol. The highest BCUT2D eigenvalue weighted by Crippen LogP contribution is 2.32. The molecule has 3 heterocycles. The van der Waals surface area contributed by atoms with Crippen molar-refractivity contribution >= 4 is 33.1 Å². The Kier molecular flexibility index (Phi) is 4.60. The van der Waals surface area contributed by atoms with Crippen LogP contribution in [0.5, 0.6) is 0 Å². The molecule has 1 aliphatic rings. The molecule has 1 aliphatic heterocycles. The van der Waals surface area contributed by atoms with Crippen LogP contribution in [0.25, 0.3) is 10.2 Å². The van der Waals surface area contributed by atoms with Crippen LogP contribution >= 0.6 is 11.3 Å². The summed E-state index contributed by atoms with van der Waals surface area (Å²) in [5.41, 5.74) is 4.47. The zero-order valence-electron chi connectivity index (χ0n) is 16.2. The van der Waals surface area contributed by atoms with Crippen LogP contribution in [-0.2, 0) is 0 Å². The topological polar surface area (TPSA) is 49.3 Å². The third-order valence-corrected chi connectivity index (χ3v) is 6.38. The number of nitrogens with zero attached hydrogens (tertiary/aromatic N) is 4. The van der Waals surface area contributed by atoms with Crippen LogP contribution < -0.4 is 4.90 Å². The molecule has 0 saturated carbocycles. The number of hydrogen-bond donors (Lipinski definition) is 0. The smallest absolute Gasteiger partial charge is 0.264 e. The molecule has 1 amide bonds. The first-order chi connectivity index (χ1) is 12.9. The van der Waals surface area contributed by atoms with Gasteiger partial charge in [0.15, 0.2) is 0 Å². The monoisotopic (exact) mass is 380 g/mol. The number of fused-ring (bicyclic) bond motifs is 1. The van der Waals surface area contributed by atoms with Gasteiger partial charge in [0.05, 0.1) is 4.88 Å². The van der Waals surface area contributed by atoms with Crippen molar-refractivity contribution in [1.82, 2.24) is 14.9 Å². The molecule has 1 saturated heterocycles. The normalized spacial score (nSPS) is 14.8. The second-order valence-electron chi connectivity index (χ2n) is 7.21. The Balaban J connectivity index is 1.54. The number of anilines is 1. The molecule has 4 rings (SSSR count). The number of carbonyl (C=O) groups excluding carboxylic acids is 1. The van der Waals surface area contributed by atoms with Gasteiger partial charge in [0.1, 0.15) is 10.7 Å². The van der Waals surface area contributed by atoms with Gasteiger partial charge in [0.2, 0.25) is 0 Å². The van der Waals surface area contributed by atoms with Gasteiger partial charge in [0, 0.05) is 42.9 Å². The van der Waals surface area contributed by atoms with E-state index in [0.717, 1.165) is 58.4 Å². The molecule has 0 unspecified atom stereocenters. The van der Waals surface area contributed by atoms with Crippen LogP contribution in [-0.4, -0.2) is 47.0 Å². The van der Waals surface area contributed by atoms with Crippen molar-refractivity contribution in [2.24, 2.45) is 0 Å². The summed E-state index contributed by atoms with van der Waals surface area (Å²) in [6, 6.07) is 8.55. The number of benzene rings is 1. The van der Waals surface area contributed by atoms with Crippen LogP contribution in [0.15, 0.2) is 24.3 Å². The number of rotatable bonds is 2. The zero-order chi connectivity index (χ0) is 19.1. The van der Waals surface area contributed by atoms with Crippen molar-refractivity contribution in [3.8, 4) is 0 Å². The van der Waals surface area contributed by atoms with Crippen molar-refractivity contribution in [3.63, 3.8) is 0 Å². The molecular formula is C21H24N4OS. The fourth-order valence-electron chi connectivity index (χ4n) is 3.81. The molecule has 0 aliphatic carbocycles. The predicted octanol–water partition coefficient (Wildman–Crippen LogP) is 3.89. The second kappa shape index (κ2) is 6.93. The molecule has 2 aromatic heterocycles. The van der Waals surface area contributed by atoms with Gasteiger partial charge in [-0.25, -0.2) is 9.97 Å². The summed E-state index contributed by atoms with van der Waals surface area (Å²) in [6.45, 7) is 11.2. The summed E-state index contributed by atoms with van der Waals surface area (Å²) in [7, 11) is 0. The number of piperazine rings is 1. The van der Waals surface area contributed by atoms with E-state index in [1.807, 2.05) is 25.7 Å². The van der Waals surface area contributed by atoms with Gasteiger partial charge < -0.3 is 9.80 Å². The molecule has 1 fully saturated rings. The minimum Gasteiger partial charge on any atom is -0.368 e. The molecule has 5 nitrogen and oxygen atoms in total. The van der Waals surface area contributed by atoms with Gasteiger partial charge in [-0.1, -0.05) is 12.1 Å². The molecule has 6 heteroatoms. The lowest BCUT2D eigenvalue weighted by molar-refractivity contribution is 0.0751. The number of aryl methyl sites for hydroxylation is 4. The van der Waals surface area contributed by atoms with Crippen LogP contribution in [0.3, 0.4) is 0 Å². The lowest BCUT2D eigenvalue weighted by Gasteiger charge is -2.36. The molecule has 0 radical (unpaired) electrons. The van der Waals surface area contributed by atoms with E-state index in [1.165, 1.54) is 22.6 Å². The Morgan fingerprint density at radius 3 is 2.48 bits per heavy atom. The number of amides is 1. The average Bonchev–Trinajstić information content (AvgIpc) is 2.98. The lowest BCUT2D eigenvalue weighted by atomic mass is 10.1. The van der Waals surface area contributed by atoms with Gasteiger partial charge in [-0.3, -0.25) is 4.79 Å². The van der Waals surface area contributed by atoms with Crippen LogP contribution in [0, 0.1) is 27.7 Å². The quantitative estimate of drug-likeness (QED) is 0.677. The first-order valence-corrected chi connectivity index (χ1v) is 10.1. The summed E-state index contributed by atoms with van der Waals surface area (Å²) in [6.07, 6.45) is 0. The van der Waals surface area contributed by atoms with Crippen LogP contribution in [0.2, 0.25) is 0 Å². The Morgan fingerprint density at radius 2 is 1.78 bits per heavy atom. The third-order valence-electron chi connectivity index (χ3n) is 5.21. The highest BCUT2D eigenvalue weighted by Gasteiger charge is 2.26. The maximum absolute atomic E-state index is 13.2. The lowest BCUT2D eigenvalue weighted by Crippen LogP contribution is -2.48. The summed E-state index contributed by atoms with van der Waals surface area (Å²) in [5.74, 6) is 0.878. The Labute approximate surface area is 163 Å². The van der Waals surface area contributed by atoms with Crippen LogP contribution in [0.1, 0.15) is 32.3 Å². The molecular weight excluding hydrogens is 356 g/mol. The Morgan fingerprint density at radius 1 is 1.04 bits per heavy atom. The van der Waals surface area contributed by atoms with Gasteiger partial charge in [0.25, 0.3) is 5.91 Å². The van der Waals surface area contributed by atoms with Gasteiger partial charge in [-0.2, -0.15) is 0 Å². The summed E-state index contributed by atoms with van der Waals surface area (Å²) < 4.78 is 0. The van der Waals surface area contributed by atoms with Crippen molar-refractivity contribution in [1.29, 1.82) is 0 Å². The molecule has 140 valence electrons. The van der Waals surface area contributed by atoms with Gasteiger partial charge in [-0.05, 0) is 51.0 Å². The standard InChI is InChI=1S/C21H24N4OS/c1-13-6-5-7-17(12-13)24-8-10-25(11-9-24)21(26)19-14(2)18-15(3)22-16(4)23-20(18)27-19/h5-7,12H,8-11H2,1-4H3. The van der Waals surface area contributed by atoms with E-state index in [4.69, 9.17) is 0 Å². The number of hydrogen-bond acceptors (Lipinski definition) is 5. The summed E-state index contributed by atoms with van der Waals surface area (Å²) in [4.78, 5) is 28.2. The summed E-state index contributed by atoms with van der Waals surface area (Å²) in [5, 5.41) is 1.03. The highest BCUT2D eigenvalue weighted by molar-refractivity contribution is 7.20. The van der Waals surface area contributed by atoms with Crippen molar-refractivity contribution < 1.29 is 4.79 Å². The van der Waals surface area contributed by atoms with Crippen LogP contribution in [0.4, 0.5) is 5.69 Å². The third kappa shape index (κ3) is 3.30. The maximum Gasteiger partial charge on any atom is 0.264 e. The fourth-order valence-corrected chi connectivity index (χ4v) is 5.06. The van der Waals surface area contributed by atoms with E-state index in [-0.39, 0.29) is 5.91 Å². The van der Waals surface area contributed by atoms with E-state index in [1.54, 1.807) is 0 Å². The van der Waals surface area contributed by atoms with Gasteiger partial charge >= 0.3 is 0 Å². The van der Waals surface area contributed by atoms with E-state index in [2.05, 4.69) is 46.1 Å². The largest absolute Gasteiger partial charge is 0.368 e. The molecule has 3 aromatic rings. The Hall–Kier alpha value is -2.47. The minimum absolute atomic E-state index is 0.122. The minimum atomic E-state index is 0.122.